The Hall–Kier alpha value is -2.83. The van der Waals surface area contributed by atoms with Crippen molar-refractivity contribution in [2.75, 3.05) is 26.2 Å². The van der Waals surface area contributed by atoms with Gasteiger partial charge in [-0.15, -0.1) is 0 Å². The minimum atomic E-state index is -0.0309. The molecule has 0 saturated carbocycles. The first-order valence-electron chi connectivity index (χ1n) is 10.5. The van der Waals surface area contributed by atoms with Crippen molar-refractivity contribution in [2.24, 2.45) is 0 Å². The third-order valence-corrected chi connectivity index (χ3v) is 6.09. The number of aryl methyl sites for hydroxylation is 2. The zero-order valence-corrected chi connectivity index (χ0v) is 18.7. The summed E-state index contributed by atoms with van der Waals surface area (Å²) in [7, 11) is 0. The molecule has 2 heterocycles. The molecule has 1 aliphatic rings. The number of carbonyl (C=O) groups excluding carboxylic acids is 1. The van der Waals surface area contributed by atoms with Crippen LogP contribution in [0.15, 0.2) is 54.7 Å². The van der Waals surface area contributed by atoms with E-state index in [-0.39, 0.29) is 12.6 Å². The molecule has 1 aromatic heterocycles. The number of benzene rings is 2. The molecular weight excluding hydrogens is 412 g/mol. The summed E-state index contributed by atoms with van der Waals surface area (Å²) in [5.74, 6) is 0.687. The van der Waals surface area contributed by atoms with Crippen molar-refractivity contribution >= 4 is 17.5 Å². The Morgan fingerprint density at radius 2 is 1.81 bits per heavy atom. The highest BCUT2D eigenvalue weighted by molar-refractivity contribution is 6.31. The number of hydrogen-bond acceptors (Lipinski definition) is 4. The Labute approximate surface area is 188 Å². The average molecular weight is 439 g/mol. The third-order valence-electron chi connectivity index (χ3n) is 5.67. The van der Waals surface area contributed by atoms with Gasteiger partial charge in [0.05, 0.1) is 0 Å². The SMILES string of the molecule is Cc1cc(OCn2ccc(C(=O)N3CCN(Cc4ccccc4C)CC3)n2)ccc1Cl. The van der Waals surface area contributed by atoms with Gasteiger partial charge in [-0.25, -0.2) is 4.68 Å². The number of amides is 1. The van der Waals surface area contributed by atoms with Crippen molar-refractivity contribution < 1.29 is 9.53 Å². The first kappa shape index (κ1) is 21.4. The van der Waals surface area contributed by atoms with E-state index < -0.39 is 0 Å². The van der Waals surface area contributed by atoms with Gasteiger partial charge in [-0.1, -0.05) is 35.9 Å². The van der Waals surface area contributed by atoms with Crippen LogP contribution in [0.5, 0.6) is 5.75 Å². The fraction of sp³-hybridized carbons (Fsp3) is 0.333. The second kappa shape index (κ2) is 9.54. The summed E-state index contributed by atoms with van der Waals surface area (Å²) in [5.41, 5.74) is 4.06. The lowest BCUT2D eigenvalue weighted by Crippen LogP contribution is -2.48. The Morgan fingerprint density at radius 3 is 2.55 bits per heavy atom. The quantitative estimate of drug-likeness (QED) is 0.580. The molecular formula is C24H27ClN4O2. The largest absolute Gasteiger partial charge is 0.471 e. The van der Waals surface area contributed by atoms with Gasteiger partial charge < -0.3 is 9.64 Å². The van der Waals surface area contributed by atoms with Crippen LogP contribution >= 0.6 is 11.6 Å². The second-order valence-corrected chi connectivity index (χ2v) is 8.33. The van der Waals surface area contributed by atoms with Crippen LogP contribution in [0.25, 0.3) is 0 Å². The van der Waals surface area contributed by atoms with Gasteiger partial charge in [0.25, 0.3) is 5.91 Å². The highest BCUT2D eigenvalue weighted by Gasteiger charge is 2.24. The summed E-state index contributed by atoms with van der Waals surface area (Å²) < 4.78 is 7.39. The molecule has 0 bridgehead atoms. The van der Waals surface area contributed by atoms with E-state index in [2.05, 4.69) is 41.2 Å². The minimum absolute atomic E-state index is 0.0309. The lowest BCUT2D eigenvalue weighted by Gasteiger charge is -2.34. The summed E-state index contributed by atoms with van der Waals surface area (Å²) in [6, 6.07) is 15.7. The highest BCUT2D eigenvalue weighted by Crippen LogP contribution is 2.21. The van der Waals surface area contributed by atoms with Crippen molar-refractivity contribution in [3.63, 3.8) is 0 Å². The predicted octanol–water partition coefficient (Wildman–Crippen LogP) is 4.15. The van der Waals surface area contributed by atoms with Crippen LogP contribution in [0, 0.1) is 13.8 Å². The molecule has 3 aromatic rings. The smallest absolute Gasteiger partial charge is 0.274 e. The van der Waals surface area contributed by atoms with Crippen LogP contribution in [-0.2, 0) is 13.3 Å². The molecule has 7 heteroatoms. The number of rotatable bonds is 6. The van der Waals surface area contributed by atoms with Gasteiger partial charge in [-0.2, -0.15) is 5.10 Å². The highest BCUT2D eigenvalue weighted by atomic mass is 35.5. The number of nitrogens with zero attached hydrogens (tertiary/aromatic N) is 4. The van der Waals surface area contributed by atoms with E-state index in [1.54, 1.807) is 16.9 Å². The number of ether oxygens (including phenoxy) is 1. The first-order valence-corrected chi connectivity index (χ1v) is 10.9. The van der Waals surface area contributed by atoms with Gasteiger partial charge in [-0.05, 0) is 54.8 Å². The number of hydrogen-bond donors (Lipinski definition) is 0. The van der Waals surface area contributed by atoms with E-state index in [0.717, 1.165) is 30.9 Å². The Morgan fingerprint density at radius 1 is 1.03 bits per heavy atom. The zero-order valence-electron chi connectivity index (χ0n) is 17.9. The number of carbonyl (C=O) groups is 1. The van der Waals surface area contributed by atoms with Crippen molar-refractivity contribution in [1.82, 2.24) is 19.6 Å². The number of piperazine rings is 1. The third kappa shape index (κ3) is 5.27. The van der Waals surface area contributed by atoms with Crippen molar-refractivity contribution in [2.45, 2.75) is 27.1 Å². The summed E-state index contributed by atoms with van der Waals surface area (Å²) in [6.45, 7) is 8.36. The Balaban J connectivity index is 1.29. The van der Waals surface area contributed by atoms with E-state index in [1.165, 1.54) is 11.1 Å². The lowest BCUT2D eigenvalue weighted by atomic mass is 10.1. The molecule has 1 saturated heterocycles. The summed E-state index contributed by atoms with van der Waals surface area (Å²) in [6.07, 6.45) is 1.77. The van der Waals surface area contributed by atoms with Gasteiger partial charge in [0.15, 0.2) is 12.4 Å². The van der Waals surface area contributed by atoms with Gasteiger partial charge in [-0.3, -0.25) is 9.69 Å². The molecule has 31 heavy (non-hydrogen) atoms. The maximum Gasteiger partial charge on any atom is 0.274 e. The monoisotopic (exact) mass is 438 g/mol. The van der Waals surface area contributed by atoms with Crippen LogP contribution in [0.3, 0.4) is 0 Å². The van der Waals surface area contributed by atoms with Gasteiger partial charge in [0.1, 0.15) is 5.75 Å². The van der Waals surface area contributed by atoms with Crippen molar-refractivity contribution in [3.8, 4) is 5.75 Å². The molecule has 0 atom stereocenters. The summed E-state index contributed by atoms with van der Waals surface area (Å²) in [5, 5.41) is 5.11. The lowest BCUT2D eigenvalue weighted by molar-refractivity contribution is 0.0620. The maximum atomic E-state index is 12.9. The Bertz CT molecular complexity index is 1060. The first-order chi connectivity index (χ1) is 15.0. The molecule has 1 fully saturated rings. The van der Waals surface area contributed by atoms with E-state index in [1.807, 2.05) is 30.0 Å². The molecule has 2 aromatic carbocycles. The molecule has 0 N–H and O–H groups in total. The molecule has 1 amide bonds. The second-order valence-electron chi connectivity index (χ2n) is 7.92. The fourth-order valence-electron chi connectivity index (χ4n) is 3.69. The fourth-order valence-corrected chi connectivity index (χ4v) is 3.81. The van der Waals surface area contributed by atoms with E-state index in [0.29, 0.717) is 23.8 Å². The maximum absolute atomic E-state index is 12.9. The molecule has 0 aliphatic carbocycles. The molecule has 6 nitrogen and oxygen atoms in total. The summed E-state index contributed by atoms with van der Waals surface area (Å²) >= 11 is 6.05. The number of aromatic nitrogens is 2. The van der Waals surface area contributed by atoms with Gasteiger partial charge >= 0.3 is 0 Å². The van der Waals surface area contributed by atoms with Crippen LogP contribution in [0.2, 0.25) is 5.02 Å². The number of halogens is 1. The van der Waals surface area contributed by atoms with Crippen LogP contribution < -0.4 is 4.74 Å². The normalized spacial score (nSPS) is 14.6. The van der Waals surface area contributed by atoms with E-state index in [4.69, 9.17) is 16.3 Å². The minimum Gasteiger partial charge on any atom is -0.471 e. The van der Waals surface area contributed by atoms with Crippen molar-refractivity contribution in [3.05, 3.63) is 82.1 Å². The standard InChI is InChI=1S/C24H27ClN4O2/c1-18-5-3-4-6-20(18)16-27-11-13-28(14-12-27)24(30)23-9-10-29(26-23)17-31-21-7-8-22(25)19(2)15-21/h3-10,15H,11-14,16-17H2,1-2H3. The molecule has 0 spiro atoms. The molecule has 4 rings (SSSR count). The molecule has 162 valence electrons. The van der Waals surface area contributed by atoms with Gasteiger partial charge in [0.2, 0.25) is 0 Å². The average Bonchev–Trinajstić information content (AvgIpc) is 3.25. The van der Waals surface area contributed by atoms with Crippen LogP contribution in [0.4, 0.5) is 0 Å². The molecule has 0 unspecified atom stereocenters. The molecule has 0 radical (unpaired) electrons. The van der Waals surface area contributed by atoms with E-state index in [9.17, 15) is 4.79 Å². The topological polar surface area (TPSA) is 50.6 Å². The van der Waals surface area contributed by atoms with Crippen LogP contribution in [-0.4, -0.2) is 51.7 Å². The zero-order chi connectivity index (χ0) is 21.8. The Kier molecular flexibility index (Phi) is 6.59. The van der Waals surface area contributed by atoms with Crippen molar-refractivity contribution in [1.29, 1.82) is 0 Å². The van der Waals surface area contributed by atoms with Crippen LogP contribution in [0.1, 0.15) is 27.2 Å². The summed E-state index contributed by atoms with van der Waals surface area (Å²) in [4.78, 5) is 17.1. The predicted molar refractivity (Wildman–Crippen MR) is 121 cm³/mol. The van der Waals surface area contributed by atoms with Gasteiger partial charge in [0, 0.05) is 43.9 Å². The molecule has 1 aliphatic heterocycles. The van der Waals surface area contributed by atoms with E-state index >= 15 is 0 Å².